The van der Waals surface area contributed by atoms with E-state index >= 15 is 0 Å². The third kappa shape index (κ3) is 3.04. The molecule has 0 fully saturated rings. The zero-order valence-electron chi connectivity index (χ0n) is 11.8. The maximum atomic E-state index is 9.52. The summed E-state index contributed by atoms with van der Waals surface area (Å²) in [7, 11) is 0. The average molecular weight is 299 g/mol. The lowest BCUT2D eigenvalue weighted by Gasteiger charge is -2.10. The van der Waals surface area contributed by atoms with Crippen LogP contribution in [0, 0.1) is 0 Å². The summed E-state index contributed by atoms with van der Waals surface area (Å²) in [5.41, 5.74) is 2.74. The Bertz CT molecular complexity index is 754. The predicted molar refractivity (Wildman–Crippen MR) is 86.5 cm³/mol. The van der Waals surface area contributed by atoms with Gasteiger partial charge in [-0.1, -0.05) is 25.1 Å². The standard InChI is InChI=1S/C16H17N3OS/c1-2-15-18-13(10-21-15)8-17-16-12(9-20)7-11-5-3-4-6-14(11)19-16/h3-7,10,20H,2,8-9H2,1H3,(H,17,19). The molecule has 2 aromatic heterocycles. The van der Waals surface area contributed by atoms with Crippen molar-refractivity contribution in [2.45, 2.75) is 26.5 Å². The number of benzene rings is 1. The fourth-order valence-corrected chi connectivity index (χ4v) is 2.94. The van der Waals surface area contributed by atoms with Crippen LogP contribution in [-0.4, -0.2) is 15.1 Å². The SMILES string of the molecule is CCc1nc(CNc2nc3ccccc3cc2CO)cs1. The summed E-state index contributed by atoms with van der Waals surface area (Å²) in [5.74, 6) is 0.724. The van der Waals surface area contributed by atoms with Crippen molar-refractivity contribution < 1.29 is 5.11 Å². The second-order valence-electron chi connectivity index (χ2n) is 4.79. The first kappa shape index (κ1) is 14.0. The molecule has 0 aliphatic heterocycles. The molecule has 0 bridgehead atoms. The fourth-order valence-electron chi connectivity index (χ4n) is 2.20. The Balaban J connectivity index is 1.85. The van der Waals surface area contributed by atoms with E-state index in [0.717, 1.165) is 39.4 Å². The van der Waals surface area contributed by atoms with Gasteiger partial charge in [0.05, 0.1) is 29.4 Å². The van der Waals surface area contributed by atoms with E-state index in [1.807, 2.05) is 30.3 Å². The molecule has 0 saturated heterocycles. The molecule has 0 atom stereocenters. The van der Waals surface area contributed by atoms with E-state index in [9.17, 15) is 5.11 Å². The van der Waals surface area contributed by atoms with E-state index in [-0.39, 0.29) is 6.61 Å². The number of aromatic nitrogens is 2. The predicted octanol–water partition coefficient (Wildman–Crippen LogP) is 3.36. The number of pyridine rings is 1. The summed E-state index contributed by atoms with van der Waals surface area (Å²) in [4.78, 5) is 9.12. The quantitative estimate of drug-likeness (QED) is 0.758. The maximum absolute atomic E-state index is 9.52. The van der Waals surface area contributed by atoms with Crippen molar-refractivity contribution in [3.8, 4) is 0 Å². The Labute approximate surface area is 127 Å². The van der Waals surface area contributed by atoms with Crippen LogP contribution in [-0.2, 0) is 19.6 Å². The van der Waals surface area contributed by atoms with Gasteiger partial charge in [0.15, 0.2) is 0 Å². The lowest BCUT2D eigenvalue weighted by molar-refractivity contribution is 0.282. The van der Waals surface area contributed by atoms with Crippen molar-refractivity contribution >= 4 is 28.1 Å². The smallest absolute Gasteiger partial charge is 0.132 e. The number of aliphatic hydroxyl groups excluding tert-OH is 1. The van der Waals surface area contributed by atoms with E-state index in [4.69, 9.17) is 0 Å². The van der Waals surface area contributed by atoms with Gasteiger partial charge in [-0.15, -0.1) is 11.3 Å². The summed E-state index contributed by atoms with van der Waals surface area (Å²) < 4.78 is 0. The molecular weight excluding hydrogens is 282 g/mol. The molecular formula is C16H17N3OS. The first-order valence-electron chi connectivity index (χ1n) is 6.97. The third-order valence-electron chi connectivity index (χ3n) is 3.31. The fraction of sp³-hybridized carbons (Fsp3) is 0.250. The highest BCUT2D eigenvalue weighted by Crippen LogP contribution is 2.21. The maximum Gasteiger partial charge on any atom is 0.132 e. The molecule has 0 aliphatic rings. The van der Waals surface area contributed by atoms with Gasteiger partial charge in [0.2, 0.25) is 0 Å². The second-order valence-corrected chi connectivity index (χ2v) is 5.73. The average Bonchev–Trinajstić information content (AvgIpc) is 3.00. The monoisotopic (exact) mass is 299 g/mol. The minimum atomic E-state index is -0.0303. The summed E-state index contributed by atoms with van der Waals surface area (Å²) in [6.45, 7) is 2.69. The molecule has 0 amide bonds. The lowest BCUT2D eigenvalue weighted by atomic mass is 10.1. The number of hydrogen-bond acceptors (Lipinski definition) is 5. The van der Waals surface area contributed by atoms with Gasteiger partial charge in [-0.2, -0.15) is 0 Å². The van der Waals surface area contributed by atoms with Crippen molar-refractivity contribution in [2.24, 2.45) is 0 Å². The number of fused-ring (bicyclic) bond motifs is 1. The number of aliphatic hydroxyl groups is 1. The minimum absolute atomic E-state index is 0.0303. The summed E-state index contributed by atoms with van der Waals surface area (Å²) >= 11 is 1.68. The Hall–Kier alpha value is -1.98. The summed E-state index contributed by atoms with van der Waals surface area (Å²) in [5, 5.41) is 17.0. The first-order chi connectivity index (χ1) is 10.3. The normalized spacial score (nSPS) is 11.0. The molecule has 4 nitrogen and oxygen atoms in total. The molecule has 0 saturated carbocycles. The van der Waals surface area contributed by atoms with Crippen molar-refractivity contribution in [3.05, 3.63) is 52.0 Å². The van der Waals surface area contributed by atoms with Crippen LogP contribution in [0.1, 0.15) is 23.2 Å². The number of anilines is 1. The van der Waals surface area contributed by atoms with Crippen LogP contribution in [0.15, 0.2) is 35.7 Å². The molecule has 2 N–H and O–H groups in total. The zero-order chi connectivity index (χ0) is 14.7. The van der Waals surface area contributed by atoms with Crippen molar-refractivity contribution in [1.82, 2.24) is 9.97 Å². The molecule has 0 unspecified atom stereocenters. The molecule has 0 spiro atoms. The second kappa shape index (κ2) is 6.20. The first-order valence-corrected chi connectivity index (χ1v) is 7.84. The van der Waals surface area contributed by atoms with Crippen LogP contribution in [0.25, 0.3) is 10.9 Å². The summed E-state index contributed by atoms with van der Waals surface area (Å²) in [6.07, 6.45) is 0.959. The van der Waals surface area contributed by atoms with E-state index in [1.54, 1.807) is 11.3 Å². The number of nitrogens with zero attached hydrogens (tertiary/aromatic N) is 2. The number of aryl methyl sites for hydroxylation is 1. The zero-order valence-corrected chi connectivity index (χ0v) is 12.7. The molecule has 3 rings (SSSR count). The van der Waals surface area contributed by atoms with Gasteiger partial charge < -0.3 is 10.4 Å². The number of rotatable bonds is 5. The van der Waals surface area contributed by atoms with Crippen LogP contribution in [0.2, 0.25) is 0 Å². The van der Waals surface area contributed by atoms with Crippen LogP contribution in [0.5, 0.6) is 0 Å². The molecule has 1 aromatic carbocycles. The highest BCUT2D eigenvalue weighted by molar-refractivity contribution is 7.09. The van der Waals surface area contributed by atoms with Crippen molar-refractivity contribution in [2.75, 3.05) is 5.32 Å². The Morgan fingerprint density at radius 3 is 2.86 bits per heavy atom. The van der Waals surface area contributed by atoms with E-state index in [2.05, 4.69) is 27.6 Å². The van der Waals surface area contributed by atoms with Crippen molar-refractivity contribution in [3.63, 3.8) is 0 Å². The van der Waals surface area contributed by atoms with Gasteiger partial charge in [0.1, 0.15) is 5.82 Å². The van der Waals surface area contributed by atoms with Crippen LogP contribution in [0.3, 0.4) is 0 Å². The Morgan fingerprint density at radius 2 is 2.10 bits per heavy atom. The minimum Gasteiger partial charge on any atom is -0.392 e. The van der Waals surface area contributed by atoms with Crippen LogP contribution >= 0.6 is 11.3 Å². The summed E-state index contributed by atoms with van der Waals surface area (Å²) in [6, 6.07) is 9.88. The van der Waals surface area contributed by atoms with Gasteiger partial charge in [0, 0.05) is 16.3 Å². The van der Waals surface area contributed by atoms with Gasteiger partial charge in [-0.3, -0.25) is 0 Å². The lowest BCUT2D eigenvalue weighted by Crippen LogP contribution is -2.05. The number of hydrogen-bond donors (Lipinski definition) is 2. The van der Waals surface area contributed by atoms with Crippen molar-refractivity contribution in [1.29, 1.82) is 0 Å². The van der Waals surface area contributed by atoms with Crippen LogP contribution in [0.4, 0.5) is 5.82 Å². The number of para-hydroxylation sites is 1. The molecule has 0 radical (unpaired) electrons. The molecule has 21 heavy (non-hydrogen) atoms. The highest BCUT2D eigenvalue weighted by atomic mass is 32.1. The molecule has 2 heterocycles. The molecule has 5 heteroatoms. The molecule has 0 aliphatic carbocycles. The topological polar surface area (TPSA) is 58.0 Å². The van der Waals surface area contributed by atoms with Gasteiger partial charge in [-0.05, 0) is 18.6 Å². The third-order valence-corrected chi connectivity index (χ3v) is 4.35. The largest absolute Gasteiger partial charge is 0.392 e. The Morgan fingerprint density at radius 1 is 1.24 bits per heavy atom. The molecule has 3 aromatic rings. The van der Waals surface area contributed by atoms with Gasteiger partial charge >= 0.3 is 0 Å². The van der Waals surface area contributed by atoms with E-state index < -0.39 is 0 Å². The highest BCUT2D eigenvalue weighted by Gasteiger charge is 2.07. The van der Waals surface area contributed by atoms with Crippen LogP contribution < -0.4 is 5.32 Å². The number of thiazole rings is 1. The number of nitrogens with one attached hydrogen (secondary N) is 1. The van der Waals surface area contributed by atoms with Gasteiger partial charge in [-0.25, -0.2) is 9.97 Å². The van der Waals surface area contributed by atoms with E-state index in [0.29, 0.717) is 6.54 Å². The van der Waals surface area contributed by atoms with Gasteiger partial charge in [0.25, 0.3) is 0 Å². The molecule has 108 valence electrons. The van der Waals surface area contributed by atoms with E-state index in [1.165, 1.54) is 0 Å². The Kier molecular flexibility index (Phi) is 4.13.